The molecule has 0 saturated heterocycles. The molecule has 0 unspecified atom stereocenters. The molecular weight excluding hydrogens is 332 g/mol. The fraction of sp³-hybridized carbons (Fsp3) is 0.267. The standard InChI is InChI=1S/C15H15BrN4O/c1-9-17-13(8-14(18-9)19-11-5-6-11)15(21)20-12-4-2-3-10(16)7-12/h2-4,7-8,11H,5-6H2,1H3,(H,20,21)(H,17,18,19). The average molecular weight is 347 g/mol. The van der Waals surface area contributed by atoms with Crippen molar-refractivity contribution in [2.24, 2.45) is 0 Å². The lowest BCUT2D eigenvalue weighted by molar-refractivity contribution is 0.102. The zero-order chi connectivity index (χ0) is 14.8. The number of carbonyl (C=O) groups is 1. The van der Waals surface area contributed by atoms with Crippen LogP contribution in [-0.2, 0) is 0 Å². The molecule has 1 aliphatic carbocycles. The number of hydrogen-bond donors (Lipinski definition) is 2. The molecule has 3 rings (SSSR count). The number of aryl methyl sites for hydroxylation is 1. The zero-order valence-electron chi connectivity index (χ0n) is 11.6. The molecule has 2 aromatic rings. The predicted octanol–water partition coefficient (Wildman–Crippen LogP) is 3.37. The highest BCUT2D eigenvalue weighted by Crippen LogP contribution is 2.24. The number of amides is 1. The molecular formula is C15H15BrN4O. The van der Waals surface area contributed by atoms with Gasteiger partial charge >= 0.3 is 0 Å². The van der Waals surface area contributed by atoms with Gasteiger partial charge in [-0.2, -0.15) is 0 Å². The van der Waals surface area contributed by atoms with E-state index in [9.17, 15) is 4.79 Å². The Labute approximate surface area is 131 Å². The first kappa shape index (κ1) is 14.0. The van der Waals surface area contributed by atoms with E-state index in [4.69, 9.17) is 0 Å². The highest BCUT2D eigenvalue weighted by Gasteiger charge is 2.22. The van der Waals surface area contributed by atoms with Crippen molar-refractivity contribution in [3.63, 3.8) is 0 Å². The number of rotatable bonds is 4. The first-order valence-electron chi connectivity index (χ1n) is 6.79. The van der Waals surface area contributed by atoms with E-state index in [1.54, 1.807) is 13.0 Å². The molecule has 0 spiro atoms. The van der Waals surface area contributed by atoms with Crippen LogP contribution in [0.5, 0.6) is 0 Å². The lowest BCUT2D eigenvalue weighted by Crippen LogP contribution is -2.16. The molecule has 1 saturated carbocycles. The van der Waals surface area contributed by atoms with E-state index in [2.05, 4.69) is 36.5 Å². The lowest BCUT2D eigenvalue weighted by Gasteiger charge is -2.08. The van der Waals surface area contributed by atoms with Gasteiger partial charge in [0.15, 0.2) is 0 Å². The third-order valence-electron chi connectivity index (χ3n) is 3.08. The van der Waals surface area contributed by atoms with Gasteiger partial charge in [-0.25, -0.2) is 9.97 Å². The Morgan fingerprint density at radius 1 is 1.29 bits per heavy atom. The van der Waals surface area contributed by atoms with Crippen LogP contribution < -0.4 is 10.6 Å². The number of nitrogens with zero attached hydrogens (tertiary/aromatic N) is 2. The van der Waals surface area contributed by atoms with Gasteiger partial charge in [-0.05, 0) is 38.0 Å². The molecule has 1 amide bonds. The molecule has 1 heterocycles. The third kappa shape index (κ3) is 3.78. The van der Waals surface area contributed by atoms with E-state index in [1.165, 1.54) is 0 Å². The second kappa shape index (κ2) is 5.81. The van der Waals surface area contributed by atoms with Crippen LogP contribution in [0.2, 0.25) is 0 Å². The van der Waals surface area contributed by atoms with Crippen LogP contribution in [-0.4, -0.2) is 21.9 Å². The summed E-state index contributed by atoms with van der Waals surface area (Å²) in [6.45, 7) is 1.79. The van der Waals surface area contributed by atoms with Crippen molar-refractivity contribution in [2.75, 3.05) is 10.6 Å². The van der Waals surface area contributed by atoms with Crippen LogP contribution in [0.3, 0.4) is 0 Å². The van der Waals surface area contributed by atoms with Gasteiger partial charge in [0.05, 0.1) is 0 Å². The summed E-state index contributed by atoms with van der Waals surface area (Å²) in [5.41, 5.74) is 1.09. The van der Waals surface area contributed by atoms with Gasteiger partial charge in [0.1, 0.15) is 17.3 Å². The van der Waals surface area contributed by atoms with Crippen molar-refractivity contribution in [1.82, 2.24) is 9.97 Å². The first-order valence-corrected chi connectivity index (χ1v) is 7.58. The summed E-state index contributed by atoms with van der Waals surface area (Å²) in [6, 6.07) is 9.63. The molecule has 1 aromatic carbocycles. The van der Waals surface area contributed by atoms with E-state index >= 15 is 0 Å². The van der Waals surface area contributed by atoms with Crippen molar-refractivity contribution in [1.29, 1.82) is 0 Å². The fourth-order valence-electron chi connectivity index (χ4n) is 1.96. The molecule has 0 aliphatic heterocycles. The Morgan fingerprint density at radius 2 is 2.10 bits per heavy atom. The van der Waals surface area contributed by atoms with Crippen molar-refractivity contribution in [3.05, 3.63) is 46.3 Å². The zero-order valence-corrected chi connectivity index (χ0v) is 13.1. The Kier molecular flexibility index (Phi) is 3.88. The maximum absolute atomic E-state index is 12.3. The van der Waals surface area contributed by atoms with E-state index in [1.807, 2.05) is 24.3 Å². The van der Waals surface area contributed by atoms with Gasteiger partial charge in [-0.15, -0.1) is 0 Å². The summed E-state index contributed by atoms with van der Waals surface area (Å²) in [6.07, 6.45) is 2.31. The molecule has 1 aromatic heterocycles. The molecule has 0 atom stereocenters. The first-order chi connectivity index (χ1) is 10.1. The smallest absolute Gasteiger partial charge is 0.274 e. The second-order valence-corrected chi connectivity index (χ2v) is 5.98. The van der Waals surface area contributed by atoms with Crippen LogP contribution in [0.25, 0.3) is 0 Å². The van der Waals surface area contributed by atoms with E-state index < -0.39 is 0 Å². The maximum atomic E-state index is 12.3. The number of hydrogen-bond acceptors (Lipinski definition) is 4. The van der Waals surface area contributed by atoms with E-state index in [0.717, 1.165) is 23.0 Å². The Balaban J connectivity index is 1.78. The normalized spacial score (nSPS) is 13.8. The Morgan fingerprint density at radius 3 is 2.81 bits per heavy atom. The minimum atomic E-state index is -0.238. The molecule has 6 heteroatoms. The topological polar surface area (TPSA) is 66.9 Å². The highest BCUT2D eigenvalue weighted by molar-refractivity contribution is 9.10. The van der Waals surface area contributed by atoms with Crippen molar-refractivity contribution < 1.29 is 4.79 Å². The van der Waals surface area contributed by atoms with Gasteiger partial charge in [-0.3, -0.25) is 4.79 Å². The summed E-state index contributed by atoms with van der Waals surface area (Å²) in [5.74, 6) is 1.06. The van der Waals surface area contributed by atoms with Crippen molar-refractivity contribution >= 4 is 33.3 Å². The predicted molar refractivity (Wildman–Crippen MR) is 85.5 cm³/mol. The van der Waals surface area contributed by atoms with E-state index in [-0.39, 0.29) is 5.91 Å². The van der Waals surface area contributed by atoms with Crippen LogP contribution in [0.1, 0.15) is 29.2 Å². The summed E-state index contributed by atoms with van der Waals surface area (Å²) < 4.78 is 0.912. The van der Waals surface area contributed by atoms with Gasteiger partial charge < -0.3 is 10.6 Å². The summed E-state index contributed by atoms with van der Waals surface area (Å²) in [5, 5.41) is 6.12. The number of anilines is 2. The lowest BCUT2D eigenvalue weighted by atomic mass is 10.3. The van der Waals surface area contributed by atoms with Crippen LogP contribution in [0, 0.1) is 6.92 Å². The van der Waals surface area contributed by atoms with Crippen LogP contribution in [0.4, 0.5) is 11.5 Å². The SMILES string of the molecule is Cc1nc(NC2CC2)cc(C(=O)Nc2cccc(Br)c2)n1. The molecule has 21 heavy (non-hydrogen) atoms. The molecule has 0 bridgehead atoms. The molecule has 0 radical (unpaired) electrons. The quantitative estimate of drug-likeness (QED) is 0.890. The molecule has 5 nitrogen and oxygen atoms in total. The number of carbonyl (C=O) groups excluding carboxylic acids is 1. The van der Waals surface area contributed by atoms with Gasteiger partial charge in [0, 0.05) is 22.3 Å². The summed E-state index contributed by atoms with van der Waals surface area (Å²) >= 11 is 3.38. The minimum absolute atomic E-state index is 0.238. The monoisotopic (exact) mass is 346 g/mol. The van der Waals surface area contributed by atoms with Crippen LogP contribution in [0.15, 0.2) is 34.8 Å². The Hall–Kier alpha value is -1.95. The van der Waals surface area contributed by atoms with Crippen molar-refractivity contribution in [2.45, 2.75) is 25.8 Å². The van der Waals surface area contributed by atoms with Crippen LogP contribution >= 0.6 is 15.9 Å². The number of aromatic nitrogens is 2. The minimum Gasteiger partial charge on any atom is -0.367 e. The molecule has 1 fully saturated rings. The fourth-order valence-corrected chi connectivity index (χ4v) is 2.36. The number of nitrogens with one attached hydrogen (secondary N) is 2. The molecule has 1 aliphatic rings. The van der Waals surface area contributed by atoms with E-state index in [0.29, 0.717) is 23.4 Å². The second-order valence-electron chi connectivity index (χ2n) is 5.07. The average Bonchev–Trinajstić information content (AvgIpc) is 3.22. The summed E-state index contributed by atoms with van der Waals surface area (Å²) in [7, 11) is 0. The summed E-state index contributed by atoms with van der Waals surface area (Å²) in [4.78, 5) is 20.8. The number of halogens is 1. The maximum Gasteiger partial charge on any atom is 0.274 e. The highest BCUT2D eigenvalue weighted by atomic mass is 79.9. The molecule has 2 N–H and O–H groups in total. The van der Waals surface area contributed by atoms with Gasteiger partial charge in [0.25, 0.3) is 5.91 Å². The number of benzene rings is 1. The van der Waals surface area contributed by atoms with Crippen molar-refractivity contribution in [3.8, 4) is 0 Å². The van der Waals surface area contributed by atoms with Gasteiger partial charge in [-0.1, -0.05) is 22.0 Å². The molecule has 108 valence electrons. The third-order valence-corrected chi connectivity index (χ3v) is 3.58. The van der Waals surface area contributed by atoms with Gasteiger partial charge in [0.2, 0.25) is 0 Å². The largest absolute Gasteiger partial charge is 0.367 e. The Bertz CT molecular complexity index is 685.